The Kier molecular flexibility index (Phi) is 5.84. The first-order chi connectivity index (χ1) is 15.3. The number of rotatable bonds is 6. The fourth-order valence-electron chi connectivity index (χ4n) is 4.23. The molecule has 31 heavy (non-hydrogen) atoms. The molecule has 0 spiro atoms. The number of pyridine rings is 1. The maximum absolute atomic E-state index is 13.9. The third kappa shape index (κ3) is 4.41. The minimum Gasteiger partial charge on any atom is -0.472 e. The summed E-state index contributed by atoms with van der Waals surface area (Å²) in [6, 6.07) is 6.67. The van der Waals surface area contributed by atoms with Crippen molar-refractivity contribution in [2.75, 3.05) is 24.6 Å². The highest BCUT2D eigenvalue weighted by atomic mass is 19.1. The molecule has 5 heterocycles. The Morgan fingerprint density at radius 3 is 2.74 bits per heavy atom. The monoisotopic (exact) mass is 427 g/mol. The largest absolute Gasteiger partial charge is 0.472 e. The number of furan rings is 1. The summed E-state index contributed by atoms with van der Waals surface area (Å²) in [6.45, 7) is 2.96. The second-order valence-electron chi connectivity index (χ2n) is 7.99. The number of anilines is 1. The van der Waals surface area contributed by atoms with E-state index in [1.165, 1.54) is 12.5 Å². The van der Waals surface area contributed by atoms with Gasteiger partial charge in [0.25, 0.3) is 5.88 Å². The summed E-state index contributed by atoms with van der Waals surface area (Å²) < 4.78 is 33.3. The van der Waals surface area contributed by atoms with E-state index in [9.17, 15) is 4.39 Å². The van der Waals surface area contributed by atoms with E-state index in [1.54, 1.807) is 18.5 Å². The predicted octanol–water partition coefficient (Wildman–Crippen LogP) is 3.69. The summed E-state index contributed by atoms with van der Waals surface area (Å²) in [7, 11) is 0. The van der Waals surface area contributed by atoms with Crippen LogP contribution in [0.15, 0.2) is 41.1 Å². The van der Waals surface area contributed by atoms with Crippen molar-refractivity contribution in [2.45, 2.75) is 50.9 Å². The Bertz CT molecular complexity index is 979. The molecule has 0 amide bonds. The lowest BCUT2D eigenvalue weighted by Crippen LogP contribution is -2.40. The van der Waals surface area contributed by atoms with Gasteiger partial charge in [-0.2, -0.15) is 0 Å². The molecule has 1 atom stereocenters. The average molecular weight is 427 g/mol. The first kappa shape index (κ1) is 20.0. The van der Waals surface area contributed by atoms with E-state index in [1.807, 2.05) is 12.1 Å². The third-order valence-electron chi connectivity index (χ3n) is 5.86. The normalized spacial score (nSPS) is 20.2. The van der Waals surface area contributed by atoms with Crippen molar-refractivity contribution < 1.29 is 18.3 Å². The SMILES string of the molecule is Fc1cccnc1OC1CCN(c2nnc(-c3ccco3)n2CC2CCCCO2)CC1. The van der Waals surface area contributed by atoms with Crippen LogP contribution >= 0.6 is 0 Å². The van der Waals surface area contributed by atoms with Crippen molar-refractivity contribution in [3.05, 3.63) is 42.5 Å². The van der Waals surface area contributed by atoms with Crippen LogP contribution in [0.4, 0.5) is 10.3 Å². The van der Waals surface area contributed by atoms with Gasteiger partial charge in [0.15, 0.2) is 11.6 Å². The highest BCUT2D eigenvalue weighted by molar-refractivity contribution is 5.51. The number of ether oxygens (including phenoxy) is 2. The van der Waals surface area contributed by atoms with Crippen molar-refractivity contribution in [1.82, 2.24) is 19.7 Å². The minimum atomic E-state index is -0.430. The summed E-state index contributed by atoms with van der Waals surface area (Å²) in [4.78, 5) is 6.20. The van der Waals surface area contributed by atoms with Gasteiger partial charge >= 0.3 is 0 Å². The van der Waals surface area contributed by atoms with Gasteiger partial charge < -0.3 is 18.8 Å². The molecular weight excluding hydrogens is 401 g/mol. The molecule has 1 unspecified atom stereocenters. The van der Waals surface area contributed by atoms with Gasteiger partial charge in [-0.3, -0.25) is 4.57 Å². The molecule has 9 heteroatoms. The van der Waals surface area contributed by atoms with Gasteiger partial charge in [0.1, 0.15) is 6.10 Å². The predicted molar refractivity (Wildman–Crippen MR) is 111 cm³/mol. The van der Waals surface area contributed by atoms with Crippen LogP contribution in [0.3, 0.4) is 0 Å². The van der Waals surface area contributed by atoms with Crippen molar-refractivity contribution in [3.63, 3.8) is 0 Å². The number of piperidine rings is 1. The Hall–Kier alpha value is -2.94. The highest BCUT2D eigenvalue weighted by Gasteiger charge is 2.28. The van der Waals surface area contributed by atoms with Crippen LogP contribution < -0.4 is 9.64 Å². The van der Waals surface area contributed by atoms with Crippen molar-refractivity contribution in [3.8, 4) is 17.5 Å². The zero-order valence-corrected chi connectivity index (χ0v) is 17.3. The average Bonchev–Trinajstić information content (AvgIpc) is 3.47. The van der Waals surface area contributed by atoms with Crippen LogP contribution in [-0.4, -0.2) is 51.7 Å². The molecule has 0 radical (unpaired) electrons. The molecule has 2 fully saturated rings. The molecule has 2 aliphatic rings. The first-order valence-corrected chi connectivity index (χ1v) is 10.9. The van der Waals surface area contributed by atoms with Crippen molar-refractivity contribution in [1.29, 1.82) is 0 Å². The number of hydrogen-bond donors (Lipinski definition) is 0. The van der Waals surface area contributed by atoms with Gasteiger partial charge in [-0.05, 0) is 43.5 Å². The second-order valence-corrected chi connectivity index (χ2v) is 7.99. The maximum atomic E-state index is 13.9. The lowest BCUT2D eigenvalue weighted by atomic mass is 10.1. The molecule has 5 rings (SSSR count). The Balaban J connectivity index is 1.31. The molecule has 0 bridgehead atoms. The Morgan fingerprint density at radius 2 is 2.00 bits per heavy atom. The van der Waals surface area contributed by atoms with E-state index >= 15 is 0 Å². The van der Waals surface area contributed by atoms with Gasteiger partial charge in [0.2, 0.25) is 11.8 Å². The van der Waals surface area contributed by atoms with E-state index in [-0.39, 0.29) is 18.1 Å². The number of halogens is 1. The fourth-order valence-corrected chi connectivity index (χ4v) is 4.23. The second kappa shape index (κ2) is 9.05. The molecular formula is C22H26FN5O3. The lowest BCUT2D eigenvalue weighted by molar-refractivity contribution is 0.00629. The number of nitrogens with zero attached hydrogens (tertiary/aromatic N) is 5. The summed E-state index contributed by atoms with van der Waals surface area (Å²) in [5.41, 5.74) is 0. The smallest absolute Gasteiger partial charge is 0.250 e. The molecule has 164 valence electrons. The van der Waals surface area contributed by atoms with Gasteiger partial charge in [-0.1, -0.05) is 0 Å². The Morgan fingerprint density at radius 1 is 1.10 bits per heavy atom. The molecule has 8 nitrogen and oxygen atoms in total. The molecule has 3 aromatic rings. The zero-order chi connectivity index (χ0) is 21.0. The van der Waals surface area contributed by atoms with E-state index < -0.39 is 5.82 Å². The molecule has 2 saturated heterocycles. The quantitative estimate of drug-likeness (QED) is 0.594. The molecule has 0 saturated carbocycles. The molecule has 2 aliphatic heterocycles. The summed E-state index contributed by atoms with van der Waals surface area (Å²) in [6.07, 6.45) is 8.06. The van der Waals surface area contributed by atoms with E-state index in [2.05, 4.69) is 24.6 Å². The van der Waals surface area contributed by atoms with Crippen molar-refractivity contribution in [2.24, 2.45) is 0 Å². The van der Waals surface area contributed by atoms with Crippen LogP contribution in [0.5, 0.6) is 5.88 Å². The van der Waals surface area contributed by atoms with Crippen LogP contribution in [0.2, 0.25) is 0 Å². The summed E-state index contributed by atoms with van der Waals surface area (Å²) in [5.74, 6) is 1.85. The number of aromatic nitrogens is 4. The Labute approximate surface area is 180 Å². The van der Waals surface area contributed by atoms with Crippen LogP contribution in [-0.2, 0) is 11.3 Å². The molecule has 3 aromatic heterocycles. The molecule has 0 N–H and O–H groups in total. The highest BCUT2D eigenvalue weighted by Crippen LogP contribution is 2.28. The maximum Gasteiger partial charge on any atom is 0.250 e. The lowest BCUT2D eigenvalue weighted by Gasteiger charge is -2.33. The third-order valence-corrected chi connectivity index (χ3v) is 5.86. The van der Waals surface area contributed by atoms with Gasteiger partial charge in [-0.15, -0.1) is 10.2 Å². The summed E-state index contributed by atoms with van der Waals surface area (Å²) >= 11 is 0. The van der Waals surface area contributed by atoms with Crippen LogP contribution in [0.1, 0.15) is 32.1 Å². The van der Waals surface area contributed by atoms with Crippen molar-refractivity contribution >= 4 is 5.95 Å². The van der Waals surface area contributed by atoms with Gasteiger partial charge in [-0.25, -0.2) is 9.37 Å². The first-order valence-electron chi connectivity index (χ1n) is 10.9. The van der Waals surface area contributed by atoms with E-state index in [0.717, 1.165) is 51.3 Å². The topological polar surface area (TPSA) is 78.4 Å². The van der Waals surface area contributed by atoms with Crippen LogP contribution in [0, 0.1) is 5.82 Å². The van der Waals surface area contributed by atoms with E-state index in [4.69, 9.17) is 13.9 Å². The zero-order valence-electron chi connectivity index (χ0n) is 17.3. The van der Waals surface area contributed by atoms with Gasteiger partial charge in [0.05, 0.1) is 18.9 Å². The minimum absolute atomic E-state index is 0.0682. The van der Waals surface area contributed by atoms with E-state index in [0.29, 0.717) is 18.1 Å². The number of hydrogen-bond acceptors (Lipinski definition) is 7. The van der Waals surface area contributed by atoms with Gasteiger partial charge in [0, 0.05) is 38.7 Å². The standard InChI is InChI=1S/C22H26FN5O3/c23-18-6-3-10-24-21(18)31-16-8-11-27(12-9-16)22-26-25-20(19-7-4-14-30-19)28(22)15-17-5-1-2-13-29-17/h3-4,6-7,10,14,16-17H,1-2,5,8-9,11-13,15H2. The molecule has 0 aliphatic carbocycles. The fraction of sp³-hybridized carbons (Fsp3) is 0.500. The molecule has 0 aromatic carbocycles. The summed E-state index contributed by atoms with van der Waals surface area (Å²) in [5, 5.41) is 8.92. The van der Waals surface area contributed by atoms with Crippen LogP contribution in [0.25, 0.3) is 11.6 Å².